The lowest BCUT2D eigenvalue weighted by Gasteiger charge is -2.06. The third-order valence-corrected chi connectivity index (χ3v) is 6.09. The number of thioether (sulfide) groups is 1. The smallest absolute Gasteiger partial charge is 0.230 e. The van der Waals surface area contributed by atoms with Crippen LogP contribution in [0.5, 0.6) is 0 Å². The molecule has 0 bridgehead atoms. The summed E-state index contributed by atoms with van der Waals surface area (Å²) < 4.78 is 0. The lowest BCUT2D eigenvalue weighted by Crippen LogP contribution is -2.27. The van der Waals surface area contributed by atoms with Gasteiger partial charge in [0, 0.05) is 22.5 Å². The first-order valence-corrected chi connectivity index (χ1v) is 9.79. The highest BCUT2D eigenvalue weighted by atomic mass is 35.5. The number of aryl methyl sites for hydroxylation is 2. The highest BCUT2D eigenvalue weighted by molar-refractivity contribution is 8.00. The molecule has 0 atom stereocenters. The van der Waals surface area contributed by atoms with E-state index in [1.54, 1.807) is 17.7 Å². The zero-order valence-electron chi connectivity index (χ0n) is 14.6. The first kappa shape index (κ1) is 20.5. The fraction of sp³-hybridized carbons (Fsp3) is 0.278. The molecule has 0 aliphatic rings. The van der Waals surface area contributed by atoms with Crippen LogP contribution in [0.3, 0.4) is 0 Å². The number of carbonyl (C=O) groups excluding carboxylic acids is 1. The summed E-state index contributed by atoms with van der Waals surface area (Å²) >= 11 is 3.13. The maximum absolute atomic E-state index is 12.1. The summed E-state index contributed by atoms with van der Waals surface area (Å²) in [6.07, 6.45) is 2.36. The van der Waals surface area contributed by atoms with E-state index in [1.165, 1.54) is 22.2 Å². The number of benzene rings is 1. The number of nitrogen functional groups attached to an aromatic ring is 1. The quantitative estimate of drug-likeness (QED) is 0.368. The van der Waals surface area contributed by atoms with Crippen LogP contribution in [0.25, 0.3) is 10.2 Å². The van der Waals surface area contributed by atoms with Crippen molar-refractivity contribution in [2.75, 3.05) is 18.0 Å². The number of rotatable bonds is 6. The van der Waals surface area contributed by atoms with Crippen LogP contribution in [0.1, 0.15) is 16.0 Å². The van der Waals surface area contributed by atoms with Crippen molar-refractivity contribution in [1.82, 2.24) is 15.3 Å². The summed E-state index contributed by atoms with van der Waals surface area (Å²) in [4.78, 5) is 23.0. The van der Waals surface area contributed by atoms with E-state index >= 15 is 0 Å². The minimum Gasteiger partial charge on any atom is -0.399 e. The molecule has 0 saturated heterocycles. The van der Waals surface area contributed by atoms with Crippen LogP contribution in [0, 0.1) is 13.8 Å². The number of hydrogen-bond donors (Lipinski definition) is 2. The third kappa shape index (κ3) is 4.87. The summed E-state index contributed by atoms with van der Waals surface area (Å²) in [6, 6.07) is 7.71. The minimum atomic E-state index is 0. The third-order valence-electron chi connectivity index (χ3n) is 3.99. The zero-order valence-corrected chi connectivity index (χ0v) is 17.1. The Bertz CT molecular complexity index is 896. The van der Waals surface area contributed by atoms with Crippen molar-refractivity contribution in [2.45, 2.75) is 25.3 Å². The van der Waals surface area contributed by atoms with Crippen LogP contribution in [0.4, 0.5) is 5.69 Å². The highest BCUT2D eigenvalue weighted by Gasteiger charge is 2.13. The number of aromatic nitrogens is 2. The van der Waals surface area contributed by atoms with E-state index in [0.29, 0.717) is 12.3 Å². The molecule has 0 saturated carbocycles. The molecule has 5 nitrogen and oxygen atoms in total. The first-order chi connectivity index (χ1) is 12.0. The second kappa shape index (κ2) is 9.21. The average Bonchev–Trinajstić information content (AvgIpc) is 2.90. The van der Waals surface area contributed by atoms with Crippen LogP contribution in [-0.2, 0) is 11.2 Å². The van der Waals surface area contributed by atoms with Gasteiger partial charge in [0.2, 0.25) is 5.91 Å². The molecule has 0 aliphatic carbocycles. The molecule has 3 aromatic rings. The van der Waals surface area contributed by atoms with E-state index in [9.17, 15) is 4.79 Å². The maximum atomic E-state index is 12.1. The highest BCUT2D eigenvalue weighted by Crippen LogP contribution is 2.34. The van der Waals surface area contributed by atoms with E-state index in [2.05, 4.69) is 29.1 Å². The fourth-order valence-corrected chi connectivity index (χ4v) is 4.42. The van der Waals surface area contributed by atoms with Crippen molar-refractivity contribution in [2.24, 2.45) is 0 Å². The second-order valence-corrected chi connectivity index (χ2v) is 7.94. The van der Waals surface area contributed by atoms with Gasteiger partial charge in [-0.15, -0.1) is 23.7 Å². The Kier molecular flexibility index (Phi) is 7.25. The minimum absolute atomic E-state index is 0. The fourth-order valence-electron chi connectivity index (χ4n) is 2.48. The summed E-state index contributed by atoms with van der Waals surface area (Å²) in [6.45, 7) is 4.77. The Morgan fingerprint density at radius 1 is 1.23 bits per heavy atom. The molecular weight excluding hydrogens is 388 g/mol. The summed E-state index contributed by atoms with van der Waals surface area (Å²) in [7, 11) is 0. The molecule has 2 aromatic heterocycles. The number of hydrogen-bond acceptors (Lipinski definition) is 6. The van der Waals surface area contributed by atoms with E-state index < -0.39 is 0 Å². The van der Waals surface area contributed by atoms with Gasteiger partial charge in [-0.2, -0.15) is 0 Å². The van der Waals surface area contributed by atoms with Crippen molar-refractivity contribution in [3.05, 3.63) is 46.6 Å². The number of amides is 1. The molecule has 2 heterocycles. The van der Waals surface area contributed by atoms with Gasteiger partial charge in [-0.3, -0.25) is 4.79 Å². The predicted molar refractivity (Wildman–Crippen MR) is 112 cm³/mol. The van der Waals surface area contributed by atoms with Gasteiger partial charge < -0.3 is 11.1 Å². The van der Waals surface area contributed by atoms with Crippen molar-refractivity contribution < 1.29 is 4.79 Å². The summed E-state index contributed by atoms with van der Waals surface area (Å²) in [5, 5.41) is 4.90. The number of nitrogens with one attached hydrogen (secondary N) is 1. The molecule has 1 aromatic carbocycles. The van der Waals surface area contributed by atoms with Crippen LogP contribution in [-0.4, -0.2) is 28.2 Å². The number of nitrogens with zero attached hydrogens (tertiary/aromatic N) is 2. The van der Waals surface area contributed by atoms with Gasteiger partial charge >= 0.3 is 0 Å². The first-order valence-electron chi connectivity index (χ1n) is 7.99. The van der Waals surface area contributed by atoms with Gasteiger partial charge in [0.05, 0.1) is 5.75 Å². The van der Waals surface area contributed by atoms with Gasteiger partial charge in [-0.1, -0.05) is 23.9 Å². The van der Waals surface area contributed by atoms with Crippen LogP contribution in [0.2, 0.25) is 0 Å². The maximum Gasteiger partial charge on any atom is 0.230 e. The molecular formula is C18H21ClN4OS2. The van der Waals surface area contributed by atoms with E-state index in [4.69, 9.17) is 5.73 Å². The average molecular weight is 409 g/mol. The zero-order chi connectivity index (χ0) is 17.8. The number of halogens is 1. The molecule has 0 unspecified atom stereocenters. The van der Waals surface area contributed by atoms with E-state index in [-0.39, 0.29) is 18.3 Å². The van der Waals surface area contributed by atoms with Gasteiger partial charge in [0.25, 0.3) is 0 Å². The Hall–Kier alpha value is -1.83. The Balaban J connectivity index is 0.00000243. The molecule has 0 spiro atoms. The molecule has 26 heavy (non-hydrogen) atoms. The molecule has 0 aliphatic heterocycles. The van der Waals surface area contributed by atoms with Gasteiger partial charge in [-0.05, 0) is 43.5 Å². The summed E-state index contributed by atoms with van der Waals surface area (Å²) in [5.74, 6) is 0.360. The number of thiophene rings is 1. The molecule has 0 fully saturated rings. The van der Waals surface area contributed by atoms with Crippen molar-refractivity contribution in [3.8, 4) is 0 Å². The van der Waals surface area contributed by atoms with E-state index in [1.807, 2.05) is 24.3 Å². The number of nitrogens with two attached hydrogens (primary N) is 1. The monoisotopic (exact) mass is 408 g/mol. The number of fused-ring (bicyclic) bond motifs is 1. The standard InChI is InChI=1S/C18H20N4OS2.ClH/c1-11-12(2)25-18-16(11)17(21-10-22-18)24-9-15(23)20-8-7-13-3-5-14(19)6-4-13;/h3-6,10H,7-9,19H2,1-2H3,(H,20,23);1H. The van der Waals surface area contributed by atoms with Gasteiger partial charge in [0.1, 0.15) is 16.2 Å². The Morgan fingerprint density at radius 2 is 1.96 bits per heavy atom. The van der Waals surface area contributed by atoms with Crippen molar-refractivity contribution >= 4 is 57.3 Å². The number of carbonyl (C=O) groups is 1. The SMILES string of the molecule is Cc1sc2ncnc(SCC(=O)NCCc3ccc(N)cc3)c2c1C.Cl. The lowest BCUT2D eigenvalue weighted by atomic mass is 10.1. The van der Waals surface area contributed by atoms with Gasteiger partial charge in [-0.25, -0.2) is 9.97 Å². The largest absolute Gasteiger partial charge is 0.399 e. The molecule has 138 valence electrons. The van der Waals surface area contributed by atoms with Crippen molar-refractivity contribution in [1.29, 1.82) is 0 Å². The molecule has 3 N–H and O–H groups in total. The lowest BCUT2D eigenvalue weighted by molar-refractivity contribution is -0.118. The Morgan fingerprint density at radius 3 is 2.69 bits per heavy atom. The number of anilines is 1. The second-order valence-electron chi connectivity index (χ2n) is 5.77. The van der Waals surface area contributed by atoms with Crippen LogP contribution < -0.4 is 11.1 Å². The topological polar surface area (TPSA) is 80.9 Å². The molecule has 0 radical (unpaired) electrons. The van der Waals surface area contributed by atoms with Crippen molar-refractivity contribution in [3.63, 3.8) is 0 Å². The van der Waals surface area contributed by atoms with E-state index in [0.717, 1.165) is 32.9 Å². The van der Waals surface area contributed by atoms with Crippen LogP contribution in [0.15, 0.2) is 35.6 Å². The normalized spacial score (nSPS) is 10.5. The van der Waals surface area contributed by atoms with Gasteiger partial charge in [0.15, 0.2) is 0 Å². The molecule has 1 amide bonds. The molecule has 3 rings (SSSR count). The summed E-state index contributed by atoms with van der Waals surface area (Å²) in [5.41, 5.74) is 8.77. The predicted octanol–water partition coefficient (Wildman–Crippen LogP) is 3.76. The van der Waals surface area contributed by atoms with Crippen LogP contribution >= 0.6 is 35.5 Å². The molecule has 8 heteroatoms. The Labute approximate surface area is 167 Å².